The van der Waals surface area contributed by atoms with Crippen molar-refractivity contribution in [2.75, 3.05) is 19.8 Å². The normalized spacial score (nSPS) is 33.6. The molecule has 3 N–H and O–H groups in total. The van der Waals surface area contributed by atoms with Gasteiger partial charge in [-0.3, -0.25) is 24.0 Å². The third kappa shape index (κ3) is 12.6. The molecule has 0 aromatic heterocycles. The molecule has 0 aromatic carbocycles. The van der Waals surface area contributed by atoms with Gasteiger partial charge in [-0.25, -0.2) is 4.79 Å². The molecule has 1 aliphatic carbocycles. The third-order valence-electron chi connectivity index (χ3n) is 8.17. The van der Waals surface area contributed by atoms with Crippen molar-refractivity contribution in [1.29, 1.82) is 0 Å². The zero-order valence-corrected chi connectivity index (χ0v) is 32.1. The second-order valence-corrected chi connectivity index (χ2v) is 12.8. The summed E-state index contributed by atoms with van der Waals surface area (Å²) in [5.74, 6) is -10.3. The summed E-state index contributed by atoms with van der Waals surface area (Å²) in [6.45, 7) is 12.6. The van der Waals surface area contributed by atoms with Crippen molar-refractivity contribution >= 4 is 35.8 Å². The van der Waals surface area contributed by atoms with Crippen LogP contribution in [0, 0.1) is 0 Å². The molecule has 2 saturated heterocycles. The molecule has 0 aromatic rings. The summed E-state index contributed by atoms with van der Waals surface area (Å²) in [6.07, 6.45) is -8.19. The minimum atomic E-state index is -2.48. The summed E-state index contributed by atoms with van der Waals surface area (Å²) in [5.41, 5.74) is 0.107. The second-order valence-electron chi connectivity index (χ2n) is 12.8. The molecular weight excluding hydrogens is 764 g/mol. The molecular formula is C37H48O20. The molecule has 20 heteroatoms. The molecule has 0 bridgehead atoms. The van der Waals surface area contributed by atoms with E-state index in [2.05, 4.69) is 13.2 Å². The minimum Gasteiger partial charge on any atom is -0.463 e. The van der Waals surface area contributed by atoms with Crippen LogP contribution in [0.5, 0.6) is 0 Å². The van der Waals surface area contributed by atoms with E-state index in [-0.39, 0.29) is 18.8 Å². The number of esters is 6. The van der Waals surface area contributed by atoms with E-state index in [1.807, 2.05) is 0 Å². The van der Waals surface area contributed by atoms with Crippen molar-refractivity contribution in [2.24, 2.45) is 0 Å². The number of ether oxygens (including phenoxy) is 11. The Balaban J connectivity index is 2.07. The summed E-state index contributed by atoms with van der Waals surface area (Å²) < 4.78 is 60.8. The number of aliphatic hydroxyl groups excluding tert-OH is 1. The first-order valence-electron chi connectivity index (χ1n) is 17.5. The van der Waals surface area contributed by atoms with Crippen LogP contribution in [0.4, 0.5) is 0 Å². The van der Waals surface area contributed by atoms with Crippen LogP contribution in [0.25, 0.3) is 0 Å². The summed E-state index contributed by atoms with van der Waals surface area (Å²) in [7, 11) is 0. The average Bonchev–Trinajstić information content (AvgIpc) is 3.11. The van der Waals surface area contributed by atoms with Crippen LogP contribution >= 0.6 is 0 Å². The number of hydrogen-bond donors (Lipinski definition) is 3. The summed E-state index contributed by atoms with van der Waals surface area (Å²) in [4.78, 5) is 74.2. The lowest BCUT2D eigenvalue weighted by atomic mass is 9.94. The predicted molar refractivity (Wildman–Crippen MR) is 187 cm³/mol. The van der Waals surface area contributed by atoms with Crippen molar-refractivity contribution in [3.63, 3.8) is 0 Å². The first-order valence-corrected chi connectivity index (χ1v) is 17.5. The van der Waals surface area contributed by atoms with Gasteiger partial charge in [-0.1, -0.05) is 18.2 Å². The van der Waals surface area contributed by atoms with E-state index < -0.39 is 115 Å². The largest absolute Gasteiger partial charge is 0.463 e. The number of allylic oxidation sites excluding steroid dienone is 3. The number of hydrogen-bond acceptors (Lipinski definition) is 20. The van der Waals surface area contributed by atoms with Gasteiger partial charge in [0.1, 0.15) is 18.8 Å². The zero-order valence-electron chi connectivity index (χ0n) is 32.1. The minimum absolute atomic E-state index is 0.107. The molecule has 0 saturated carbocycles. The lowest BCUT2D eigenvalue weighted by Crippen LogP contribution is -2.66. The fourth-order valence-corrected chi connectivity index (χ4v) is 5.89. The molecule has 12 atom stereocenters. The molecule has 2 aliphatic heterocycles. The van der Waals surface area contributed by atoms with E-state index >= 15 is 0 Å². The first-order chi connectivity index (χ1) is 26.7. The standard InChI is InChI=1S/C37H48O20/c1-9-15-48-36(45)14-13-25(17-37(36,46)49-16-10-2)11-12-27(43)56-29-26(18-47-20(4)38)55-34(44)32(53-23(7)41)31(29)57-35-33(54-24(8)42)30(52-22(6)40)28(19(3)50-35)51-21(5)39/h9-14,17,19,26,28-35,44-46H,1-2,15-16,18H2,3-8H3/b12-11+/t19-,26+,28-,29+,30+,31-,32+,33+,34?,35-,36?,37?/m0/s1. The van der Waals surface area contributed by atoms with E-state index in [0.29, 0.717) is 0 Å². The van der Waals surface area contributed by atoms with Crippen molar-refractivity contribution < 1.29 is 96.2 Å². The van der Waals surface area contributed by atoms with Gasteiger partial charge in [0.15, 0.2) is 43.1 Å². The lowest BCUT2D eigenvalue weighted by Gasteiger charge is -2.47. The Morgan fingerprint density at radius 2 is 1.26 bits per heavy atom. The molecule has 0 spiro atoms. The van der Waals surface area contributed by atoms with Gasteiger partial charge in [0.2, 0.25) is 11.6 Å². The van der Waals surface area contributed by atoms with E-state index in [0.717, 1.165) is 58.9 Å². The Bertz CT molecular complexity index is 1600. The quantitative estimate of drug-likeness (QED) is 0.0568. The zero-order chi connectivity index (χ0) is 42.7. The molecule has 2 heterocycles. The maximum absolute atomic E-state index is 13.5. The van der Waals surface area contributed by atoms with Crippen LogP contribution in [0.2, 0.25) is 0 Å². The Morgan fingerprint density at radius 3 is 1.82 bits per heavy atom. The van der Waals surface area contributed by atoms with Crippen molar-refractivity contribution in [3.05, 3.63) is 61.3 Å². The molecule has 20 nitrogen and oxygen atoms in total. The molecule has 0 radical (unpaired) electrons. The number of aliphatic hydroxyl groups is 3. The number of rotatable bonds is 17. The highest BCUT2D eigenvalue weighted by Gasteiger charge is 2.57. The highest BCUT2D eigenvalue weighted by atomic mass is 16.8. The Morgan fingerprint density at radius 1 is 0.719 bits per heavy atom. The maximum atomic E-state index is 13.5. The molecule has 3 aliphatic rings. The topological polar surface area (TPSA) is 265 Å². The van der Waals surface area contributed by atoms with Crippen molar-refractivity contribution in [2.45, 2.75) is 115 Å². The molecule has 2 fully saturated rings. The van der Waals surface area contributed by atoms with Gasteiger partial charge in [0.25, 0.3) is 0 Å². The van der Waals surface area contributed by atoms with E-state index in [1.54, 1.807) is 0 Å². The third-order valence-corrected chi connectivity index (χ3v) is 8.17. The molecule has 0 amide bonds. The van der Waals surface area contributed by atoms with Gasteiger partial charge >= 0.3 is 35.8 Å². The van der Waals surface area contributed by atoms with Gasteiger partial charge in [0, 0.05) is 40.7 Å². The van der Waals surface area contributed by atoms with Crippen LogP contribution < -0.4 is 0 Å². The summed E-state index contributed by atoms with van der Waals surface area (Å²) in [5, 5.41) is 33.3. The Hall–Kier alpha value is -4.80. The Labute approximate surface area is 327 Å². The number of carbonyl (C=O) groups is 6. The van der Waals surface area contributed by atoms with Crippen LogP contribution in [-0.4, -0.2) is 144 Å². The van der Waals surface area contributed by atoms with Gasteiger partial charge in [-0.05, 0) is 30.7 Å². The van der Waals surface area contributed by atoms with Gasteiger partial charge in [0.05, 0.1) is 19.3 Å². The monoisotopic (exact) mass is 812 g/mol. The second kappa shape index (κ2) is 20.6. The smallest absolute Gasteiger partial charge is 0.331 e. The van der Waals surface area contributed by atoms with Crippen LogP contribution in [0.1, 0.15) is 41.5 Å². The summed E-state index contributed by atoms with van der Waals surface area (Å²) >= 11 is 0. The van der Waals surface area contributed by atoms with Crippen LogP contribution in [0.15, 0.2) is 61.3 Å². The van der Waals surface area contributed by atoms with Crippen LogP contribution in [0.3, 0.4) is 0 Å². The van der Waals surface area contributed by atoms with E-state index in [9.17, 15) is 44.1 Å². The first kappa shape index (κ1) is 46.6. The SMILES string of the molecule is C=CCOC1(O)C=CC(/C=C/C(=O)O[C@H]2[C@H](O[C@@H]3O[C@@H](C)[C@H](OC(C)=O)[C@@H](OC(C)=O)[C@H]3OC(C)=O)[C@@H](OC(C)=O)C(O)O[C@@H]2COC(C)=O)=CC1(O)OCC=C. The van der Waals surface area contributed by atoms with Crippen molar-refractivity contribution in [3.8, 4) is 0 Å². The highest BCUT2D eigenvalue weighted by Crippen LogP contribution is 2.36. The average molecular weight is 813 g/mol. The van der Waals surface area contributed by atoms with E-state index in [1.165, 1.54) is 25.2 Å². The van der Waals surface area contributed by atoms with Crippen LogP contribution in [-0.2, 0) is 80.9 Å². The van der Waals surface area contributed by atoms with Gasteiger partial charge in [-0.2, -0.15) is 0 Å². The van der Waals surface area contributed by atoms with Gasteiger partial charge in [-0.15, -0.1) is 13.2 Å². The molecule has 3 rings (SSSR count). The Kier molecular flexibility index (Phi) is 16.8. The molecule has 57 heavy (non-hydrogen) atoms. The fourth-order valence-electron chi connectivity index (χ4n) is 5.89. The van der Waals surface area contributed by atoms with Crippen molar-refractivity contribution in [1.82, 2.24) is 0 Å². The molecule has 3 unspecified atom stereocenters. The number of carbonyl (C=O) groups excluding carboxylic acids is 6. The maximum Gasteiger partial charge on any atom is 0.331 e. The highest BCUT2D eigenvalue weighted by molar-refractivity contribution is 5.83. The molecule has 316 valence electrons. The van der Waals surface area contributed by atoms with E-state index in [4.69, 9.17) is 52.1 Å². The summed E-state index contributed by atoms with van der Waals surface area (Å²) in [6, 6.07) is 0. The lowest BCUT2D eigenvalue weighted by molar-refractivity contribution is -0.354. The predicted octanol–water partition coefficient (Wildman–Crippen LogP) is -0.130. The fraction of sp³-hybridized carbons (Fsp3) is 0.568. The van der Waals surface area contributed by atoms with Gasteiger partial charge < -0.3 is 67.4 Å².